The van der Waals surface area contributed by atoms with Gasteiger partial charge in [0.15, 0.2) is 11.6 Å². The lowest BCUT2D eigenvalue weighted by atomic mass is 9.81. The van der Waals surface area contributed by atoms with Crippen molar-refractivity contribution in [3.05, 3.63) is 58.1 Å². The molecule has 1 aliphatic carbocycles. The van der Waals surface area contributed by atoms with Crippen LogP contribution in [0.1, 0.15) is 37.4 Å². The van der Waals surface area contributed by atoms with E-state index in [1.165, 1.54) is 0 Å². The van der Waals surface area contributed by atoms with Crippen LogP contribution in [0.2, 0.25) is 0 Å². The highest BCUT2D eigenvalue weighted by atomic mass is 16.1. The molecule has 0 fully saturated rings. The number of nitrogens with two attached hydrogens (primary N) is 3. The minimum Gasteiger partial charge on any atom is -0.398 e. The number of nitrogen functional groups attached to an aromatic ring is 2. The van der Waals surface area contributed by atoms with E-state index in [4.69, 9.17) is 17.2 Å². The third-order valence-corrected chi connectivity index (χ3v) is 3.57. The largest absolute Gasteiger partial charge is 0.398 e. The number of rotatable bonds is 1. The van der Waals surface area contributed by atoms with Gasteiger partial charge in [0.25, 0.3) is 0 Å². The van der Waals surface area contributed by atoms with Crippen LogP contribution in [0.25, 0.3) is 0 Å². The molecule has 2 aromatic rings. The summed E-state index contributed by atoms with van der Waals surface area (Å²) in [7, 11) is 0. The lowest BCUT2D eigenvalue weighted by molar-refractivity contribution is 0.0980. The van der Waals surface area contributed by atoms with Crippen molar-refractivity contribution in [3.63, 3.8) is 0 Å². The van der Waals surface area contributed by atoms with E-state index in [1.807, 2.05) is 0 Å². The van der Waals surface area contributed by atoms with E-state index >= 15 is 0 Å². The second-order valence-electron chi connectivity index (χ2n) is 4.70. The van der Waals surface area contributed by atoms with Gasteiger partial charge in [-0.3, -0.25) is 9.59 Å². The summed E-state index contributed by atoms with van der Waals surface area (Å²) in [4.78, 5) is 25.1. The van der Waals surface area contributed by atoms with Gasteiger partial charge >= 0.3 is 0 Å². The summed E-state index contributed by atoms with van der Waals surface area (Å²) >= 11 is 0. The number of hydrogen-bond acceptors (Lipinski definition) is 5. The summed E-state index contributed by atoms with van der Waals surface area (Å²) in [5.74, 6) is -0.558. The maximum absolute atomic E-state index is 12.6. The average Bonchev–Trinajstić information content (AvgIpc) is 2.46. The molecule has 5 nitrogen and oxygen atoms in total. The molecule has 3 rings (SSSR count). The Labute approximate surface area is 115 Å². The van der Waals surface area contributed by atoms with Crippen molar-refractivity contribution >= 4 is 22.9 Å². The third kappa shape index (κ3) is 1.47. The van der Waals surface area contributed by atoms with Crippen LogP contribution in [0.15, 0.2) is 30.3 Å². The van der Waals surface area contributed by atoms with E-state index in [0.29, 0.717) is 16.7 Å². The Bertz CT molecular complexity index is 766. The molecule has 20 heavy (non-hydrogen) atoms. The Kier molecular flexibility index (Phi) is 2.59. The SMILES string of the molecule is NCc1cc(N)c2c(c1N)C(=O)c1ccccc1C2=O. The van der Waals surface area contributed by atoms with Crippen molar-refractivity contribution in [3.8, 4) is 0 Å². The minimum atomic E-state index is -0.283. The van der Waals surface area contributed by atoms with E-state index in [9.17, 15) is 9.59 Å². The second-order valence-corrected chi connectivity index (χ2v) is 4.70. The number of benzene rings is 2. The summed E-state index contributed by atoms with van der Waals surface area (Å²) in [5, 5.41) is 0. The summed E-state index contributed by atoms with van der Waals surface area (Å²) in [6.07, 6.45) is 0. The van der Waals surface area contributed by atoms with Crippen LogP contribution in [-0.4, -0.2) is 11.6 Å². The molecule has 6 N–H and O–H groups in total. The minimum absolute atomic E-state index is 0.159. The molecule has 2 aromatic carbocycles. The summed E-state index contributed by atoms with van der Waals surface area (Å²) in [5.41, 5.74) is 19.6. The molecule has 0 saturated carbocycles. The molecular weight excluding hydrogens is 254 g/mol. The molecule has 0 amide bonds. The maximum Gasteiger partial charge on any atom is 0.196 e. The fourth-order valence-electron chi connectivity index (χ4n) is 2.57. The smallest absolute Gasteiger partial charge is 0.196 e. The molecule has 0 unspecified atom stereocenters. The van der Waals surface area contributed by atoms with Crippen molar-refractivity contribution in [1.29, 1.82) is 0 Å². The summed E-state index contributed by atoms with van der Waals surface area (Å²) in [6.45, 7) is 0.159. The van der Waals surface area contributed by atoms with Gasteiger partial charge in [-0.1, -0.05) is 24.3 Å². The monoisotopic (exact) mass is 267 g/mol. The van der Waals surface area contributed by atoms with Crippen molar-refractivity contribution in [2.75, 3.05) is 11.5 Å². The van der Waals surface area contributed by atoms with Gasteiger partial charge in [-0.05, 0) is 11.6 Å². The summed E-state index contributed by atoms with van der Waals surface area (Å²) in [6, 6.07) is 8.21. The molecule has 0 atom stereocenters. The topological polar surface area (TPSA) is 112 Å². The van der Waals surface area contributed by atoms with E-state index < -0.39 is 0 Å². The van der Waals surface area contributed by atoms with Crippen LogP contribution in [0.4, 0.5) is 11.4 Å². The molecule has 1 aliphatic rings. The van der Waals surface area contributed by atoms with Crippen molar-refractivity contribution < 1.29 is 9.59 Å². The highest BCUT2D eigenvalue weighted by Gasteiger charge is 2.33. The first-order valence-electron chi connectivity index (χ1n) is 6.15. The zero-order valence-corrected chi connectivity index (χ0v) is 10.6. The van der Waals surface area contributed by atoms with Gasteiger partial charge in [-0.25, -0.2) is 0 Å². The van der Waals surface area contributed by atoms with E-state index in [2.05, 4.69) is 0 Å². The van der Waals surface area contributed by atoms with Gasteiger partial charge in [0.1, 0.15) is 0 Å². The van der Waals surface area contributed by atoms with Gasteiger partial charge in [-0.2, -0.15) is 0 Å². The number of fused-ring (bicyclic) bond motifs is 2. The molecule has 5 heteroatoms. The van der Waals surface area contributed by atoms with Crippen LogP contribution in [0.3, 0.4) is 0 Å². The van der Waals surface area contributed by atoms with Crippen LogP contribution < -0.4 is 17.2 Å². The van der Waals surface area contributed by atoms with Crippen molar-refractivity contribution in [1.82, 2.24) is 0 Å². The Morgan fingerprint density at radius 2 is 1.45 bits per heavy atom. The molecule has 0 spiro atoms. The molecule has 0 bridgehead atoms. The van der Waals surface area contributed by atoms with E-state index in [1.54, 1.807) is 30.3 Å². The van der Waals surface area contributed by atoms with E-state index in [0.717, 1.165) is 0 Å². The lowest BCUT2D eigenvalue weighted by Crippen LogP contribution is -2.25. The highest BCUT2D eigenvalue weighted by Crippen LogP contribution is 2.36. The van der Waals surface area contributed by atoms with Gasteiger partial charge in [-0.15, -0.1) is 0 Å². The fraction of sp³-hybridized carbons (Fsp3) is 0.0667. The third-order valence-electron chi connectivity index (χ3n) is 3.57. The van der Waals surface area contributed by atoms with Crippen LogP contribution in [0.5, 0.6) is 0 Å². The molecular formula is C15H13N3O2. The Morgan fingerprint density at radius 1 is 0.900 bits per heavy atom. The van der Waals surface area contributed by atoms with Crippen molar-refractivity contribution in [2.24, 2.45) is 5.73 Å². The van der Waals surface area contributed by atoms with Gasteiger partial charge in [0, 0.05) is 29.0 Å². The number of carbonyl (C=O) groups is 2. The molecule has 0 heterocycles. The quantitative estimate of drug-likeness (QED) is 0.571. The van der Waals surface area contributed by atoms with Crippen LogP contribution in [0, 0.1) is 0 Å². The zero-order chi connectivity index (χ0) is 14.4. The average molecular weight is 267 g/mol. The Balaban J connectivity index is 2.39. The number of anilines is 2. The normalized spacial score (nSPS) is 13.1. The first-order valence-corrected chi connectivity index (χ1v) is 6.15. The van der Waals surface area contributed by atoms with Gasteiger partial charge in [0.05, 0.1) is 11.1 Å². The Morgan fingerprint density at radius 3 is 2.00 bits per heavy atom. The number of carbonyl (C=O) groups excluding carboxylic acids is 2. The Hall–Kier alpha value is -2.66. The van der Waals surface area contributed by atoms with Crippen LogP contribution >= 0.6 is 0 Å². The summed E-state index contributed by atoms with van der Waals surface area (Å²) < 4.78 is 0. The van der Waals surface area contributed by atoms with Crippen molar-refractivity contribution in [2.45, 2.75) is 6.54 Å². The molecule has 0 radical (unpaired) electrons. The predicted molar refractivity (Wildman–Crippen MR) is 76.5 cm³/mol. The number of ketones is 2. The maximum atomic E-state index is 12.6. The standard InChI is InChI=1S/C15H13N3O2/c16-6-7-5-10(17)11-12(13(7)18)15(20)9-4-2-1-3-8(9)14(11)19/h1-5H,6,16-18H2. The van der Waals surface area contributed by atoms with E-state index in [-0.39, 0.29) is 40.6 Å². The lowest BCUT2D eigenvalue weighted by Gasteiger charge is -2.22. The number of hydrogen-bond donors (Lipinski definition) is 3. The zero-order valence-electron chi connectivity index (χ0n) is 10.6. The molecule has 100 valence electrons. The van der Waals surface area contributed by atoms with Gasteiger partial charge < -0.3 is 17.2 Å². The second kappa shape index (κ2) is 4.18. The first kappa shape index (κ1) is 12.4. The molecule has 0 aromatic heterocycles. The first-order chi connectivity index (χ1) is 9.56. The van der Waals surface area contributed by atoms with Gasteiger partial charge in [0.2, 0.25) is 0 Å². The highest BCUT2D eigenvalue weighted by molar-refractivity contribution is 6.31. The molecule has 0 saturated heterocycles. The molecule has 0 aliphatic heterocycles. The fourth-order valence-corrected chi connectivity index (χ4v) is 2.57. The predicted octanol–water partition coefficient (Wildman–Crippen LogP) is 1.09. The van der Waals surface area contributed by atoms with Crippen LogP contribution in [-0.2, 0) is 6.54 Å².